The van der Waals surface area contributed by atoms with Crippen LogP contribution in [0.3, 0.4) is 0 Å². The Morgan fingerprint density at radius 3 is 2.25 bits per heavy atom. The number of hydrogen-bond acceptors (Lipinski definition) is 2. The van der Waals surface area contributed by atoms with Gasteiger partial charge in [-0.3, -0.25) is 4.90 Å². The van der Waals surface area contributed by atoms with Crippen LogP contribution < -0.4 is 5.73 Å². The largest absolute Gasteiger partial charge is 0.399 e. The van der Waals surface area contributed by atoms with E-state index >= 15 is 0 Å². The fraction of sp³-hybridized carbons (Fsp3) is 0.538. The molecule has 1 aliphatic rings. The molecule has 2 rings (SSSR count). The molecule has 0 fully saturated rings. The highest BCUT2D eigenvalue weighted by Crippen LogP contribution is 2.49. The Kier molecular flexibility index (Phi) is 2.30. The van der Waals surface area contributed by atoms with Gasteiger partial charge in [0.15, 0.2) is 0 Å². The molecule has 1 radical (unpaired) electrons. The molecule has 0 saturated carbocycles. The summed E-state index contributed by atoms with van der Waals surface area (Å²) in [6, 6.07) is 5.94. The van der Waals surface area contributed by atoms with Gasteiger partial charge in [0.05, 0.1) is 0 Å². The number of nitrogens with zero attached hydrogens (tertiary/aromatic N) is 1. The van der Waals surface area contributed by atoms with E-state index in [1.165, 1.54) is 11.1 Å². The predicted molar refractivity (Wildman–Crippen MR) is 64.3 cm³/mol. The summed E-state index contributed by atoms with van der Waals surface area (Å²) in [7, 11) is 0. The van der Waals surface area contributed by atoms with E-state index in [0.717, 1.165) is 5.69 Å². The molecule has 0 aromatic heterocycles. The number of rotatable bonds is 1. The third-order valence-corrected chi connectivity index (χ3v) is 3.84. The first-order valence-electron chi connectivity index (χ1n) is 5.58. The fourth-order valence-corrected chi connectivity index (χ4v) is 2.91. The minimum atomic E-state index is -0.240. The van der Waals surface area contributed by atoms with Gasteiger partial charge in [-0.15, -0.1) is 0 Å². The highest BCUT2D eigenvalue weighted by Gasteiger charge is 2.48. The fourth-order valence-electron chi connectivity index (χ4n) is 2.91. The lowest BCUT2D eigenvalue weighted by molar-refractivity contribution is -0.0637. The van der Waals surface area contributed by atoms with Crippen molar-refractivity contribution < 1.29 is 5.11 Å². The minimum absolute atomic E-state index is 0.200. The van der Waals surface area contributed by atoms with E-state index in [1.54, 1.807) is 0 Å². The summed E-state index contributed by atoms with van der Waals surface area (Å²) < 4.78 is 0. The number of anilines is 1. The maximum Gasteiger partial charge on any atom is 0.136 e. The second kappa shape index (κ2) is 3.22. The predicted octanol–water partition coefficient (Wildman–Crippen LogP) is 2.44. The minimum Gasteiger partial charge on any atom is -0.399 e. The van der Waals surface area contributed by atoms with E-state index < -0.39 is 0 Å². The molecule has 0 aliphatic carbocycles. The summed E-state index contributed by atoms with van der Waals surface area (Å²) >= 11 is 0. The molecule has 0 bridgehead atoms. The average Bonchev–Trinajstić information content (AvgIpc) is 2.30. The number of hydrogen-bond donors (Lipinski definition) is 1. The van der Waals surface area contributed by atoms with Gasteiger partial charge < -0.3 is 5.73 Å². The van der Waals surface area contributed by atoms with Crippen LogP contribution in [0.2, 0.25) is 0 Å². The molecule has 0 saturated heterocycles. The molecule has 3 nitrogen and oxygen atoms in total. The van der Waals surface area contributed by atoms with Crippen LogP contribution in [0.1, 0.15) is 38.8 Å². The molecule has 2 N–H and O–H groups in total. The Morgan fingerprint density at radius 2 is 1.69 bits per heavy atom. The van der Waals surface area contributed by atoms with E-state index in [-0.39, 0.29) is 17.8 Å². The zero-order valence-corrected chi connectivity index (χ0v) is 10.4. The second-order valence-corrected chi connectivity index (χ2v) is 5.48. The Morgan fingerprint density at radius 1 is 1.12 bits per heavy atom. The summed E-state index contributed by atoms with van der Waals surface area (Å²) in [6.07, 6.45) is 0. The third-order valence-electron chi connectivity index (χ3n) is 3.84. The molecule has 87 valence electrons. The van der Waals surface area contributed by atoms with Crippen LogP contribution in [0.4, 0.5) is 5.69 Å². The number of fused-ring (bicyclic) bond motifs is 1. The van der Waals surface area contributed by atoms with Crippen LogP contribution in [0.25, 0.3) is 0 Å². The first-order chi connectivity index (χ1) is 7.31. The molecular formula is C13H19N2O. The molecule has 1 heterocycles. The monoisotopic (exact) mass is 219 g/mol. The van der Waals surface area contributed by atoms with Crippen molar-refractivity contribution in [2.45, 2.75) is 38.8 Å². The van der Waals surface area contributed by atoms with Gasteiger partial charge in [0.1, 0.15) is 6.73 Å². The number of nitrogens with two attached hydrogens (primary N) is 1. The molecule has 0 amide bonds. The summed E-state index contributed by atoms with van der Waals surface area (Å²) in [4.78, 5) is 1.98. The number of nitrogen functional groups attached to an aromatic ring is 1. The Balaban J connectivity index is 2.68. The molecule has 0 spiro atoms. The highest BCUT2D eigenvalue weighted by molar-refractivity contribution is 5.52. The second-order valence-electron chi connectivity index (χ2n) is 5.48. The van der Waals surface area contributed by atoms with Crippen molar-refractivity contribution >= 4 is 5.69 Å². The van der Waals surface area contributed by atoms with Crippen molar-refractivity contribution in [2.75, 3.05) is 12.5 Å². The van der Waals surface area contributed by atoms with Crippen molar-refractivity contribution in [3.05, 3.63) is 29.3 Å². The first-order valence-corrected chi connectivity index (χ1v) is 5.58. The molecule has 0 unspecified atom stereocenters. The maximum atomic E-state index is 11.4. The van der Waals surface area contributed by atoms with Crippen LogP contribution in [-0.4, -0.2) is 11.6 Å². The average molecular weight is 219 g/mol. The lowest BCUT2D eigenvalue weighted by atomic mass is 9.90. The van der Waals surface area contributed by atoms with E-state index in [0.29, 0.717) is 0 Å². The summed E-state index contributed by atoms with van der Waals surface area (Å²) in [6.45, 7) is 8.15. The lowest BCUT2D eigenvalue weighted by Gasteiger charge is -2.38. The first kappa shape index (κ1) is 11.4. The van der Waals surface area contributed by atoms with E-state index in [2.05, 4.69) is 27.7 Å². The molecule has 1 aliphatic heterocycles. The van der Waals surface area contributed by atoms with Crippen LogP contribution in [0, 0.1) is 0 Å². The molecule has 1 aromatic carbocycles. The van der Waals surface area contributed by atoms with Crippen molar-refractivity contribution in [3.63, 3.8) is 0 Å². The standard InChI is InChI=1S/C13H19N2O/c1-12(2)10-6-5-9(14)7-11(10)13(3,4)15(12)8-16/h5-7H,8,14H2,1-4H3. The summed E-state index contributed by atoms with van der Waals surface area (Å²) in [5.74, 6) is 0. The maximum absolute atomic E-state index is 11.4. The van der Waals surface area contributed by atoms with Gasteiger partial charge in [-0.1, -0.05) is 6.07 Å². The lowest BCUT2D eigenvalue weighted by Crippen LogP contribution is -2.45. The topological polar surface area (TPSA) is 49.2 Å². The van der Waals surface area contributed by atoms with Gasteiger partial charge >= 0.3 is 0 Å². The molecular weight excluding hydrogens is 200 g/mol. The van der Waals surface area contributed by atoms with Gasteiger partial charge in [0.2, 0.25) is 0 Å². The Bertz CT molecular complexity index is 424. The summed E-state index contributed by atoms with van der Waals surface area (Å²) in [5.41, 5.74) is 8.52. The quantitative estimate of drug-likeness (QED) is 0.737. The van der Waals surface area contributed by atoms with Crippen LogP contribution in [-0.2, 0) is 16.2 Å². The van der Waals surface area contributed by atoms with Crippen molar-refractivity contribution in [1.82, 2.24) is 4.90 Å². The van der Waals surface area contributed by atoms with Gasteiger partial charge in [-0.2, -0.15) is 0 Å². The van der Waals surface area contributed by atoms with Gasteiger partial charge in [0.25, 0.3) is 0 Å². The molecule has 3 heteroatoms. The highest BCUT2D eigenvalue weighted by atomic mass is 16.3. The van der Waals surface area contributed by atoms with Crippen LogP contribution in [0.15, 0.2) is 18.2 Å². The SMILES string of the molecule is CC1(C)c2ccc(N)cc2C(C)(C)N1C[O]. The smallest absolute Gasteiger partial charge is 0.136 e. The van der Waals surface area contributed by atoms with Crippen molar-refractivity contribution in [2.24, 2.45) is 0 Å². The van der Waals surface area contributed by atoms with E-state index in [1.807, 2.05) is 23.1 Å². The van der Waals surface area contributed by atoms with E-state index in [4.69, 9.17) is 5.73 Å². The zero-order chi connectivity index (χ0) is 12.1. The van der Waals surface area contributed by atoms with Gasteiger partial charge in [-0.05, 0) is 51.0 Å². The molecule has 1 aromatic rings. The summed E-state index contributed by atoms with van der Waals surface area (Å²) in [5, 5.41) is 11.4. The Labute approximate surface area is 96.9 Å². The van der Waals surface area contributed by atoms with Gasteiger partial charge in [-0.25, -0.2) is 5.11 Å². The van der Waals surface area contributed by atoms with Gasteiger partial charge in [0, 0.05) is 16.8 Å². The normalized spacial score (nSPS) is 22.1. The van der Waals surface area contributed by atoms with Crippen molar-refractivity contribution in [1.29, 1.82) is 0 Å². The van der Waals surface area contributed by atoms with Crippen molar-refractivity contribution in [3.8, 4) is 0 Å². The van der Waals surface area contributed by atoms with E-state index in [9.17, 15) is 5.11 Å². The van der Waals surface area contributed by atoms with Crippen LogP contribution in [0.5, 0.6) is 0 Å². The Hall–Kier alpha value is -1.06. The number of benzene rings is 1. The molecule has 0 atom stereocenters. The zero-order valence-electron chi connectivity index (χ0n) is 10.4. The van der Waals surface area contributed by atoms with Crippen LogP contribution >= 0.6 is 0 Å². The third kappa shape index (κ3) is 1.28. The molecule has 16 heavy (non-hydrogen) atoms.